The molecule has 0 aromatic heterocycles. The summed E-state index contributed by atoms with van der Waals surface area (Å²) in [6, 6.07) is 7.81. The van der Waals surface area contributed by atoms with Crippen LogP contribution >= 0.6 is 0 Å². The number of hydrogen-bond acceptors (Lipinski definition) is 3. The highest BCUT2D eigenvalue weighted by molar-refractivity contribution is 5.97. The maximum Gasteiger partial charge on any atom is 0.316 e. The molecule has 0 bridgehead atoms. The van der Waals surface area contributed by atoms with Gasteiger partial charge in [0, 0.05) is 0 Å². The summed E-state index contributed by atoms with van der Waals surface area (Å²) in [5, 5.41) is 0. The van der Waals surface area contributed by atoms with Crippen molar-refractivity contribution in [2.45, 2.75) is 27.2 Å². The van der Waals surface area contributed by atoms with E-state index in [1.165, 1.54) is 6.92 Å². The van der Waals surface area contributed by atoms with Crippen LogP contribution in [0.1, 0.15) is 25.0 Å². The lowest BCUT2D eigenvalue weighted by atomic mass is 9.95. The Labute approximate surface area is 102 Å². The number of aryl methyl sites for hydroxylation is 1. The Balaban J connectivity index is 2.76. The van der Waals surface area contributed by atoms with Gasteiger partial charge in [-0.15, -0.1) is 0 Å². The molecule has 0 aliphatic heterocycles. The number of hydrogen-bond donors (Lipinski definition) is 0. The highest BCUT2D eigenvalue weighted by atomic mass is 16.5. The van der Waals surface area contributed by atoms with Crippen molar-refractivity contribution in [2.24, 2.45) is 5.92 Å². The van der Waals surface area contributed by atoms with E-state index in [-0.39, 0.29) is 5.78 Å². The molecule has 1 aromatic rings. The van der Waals surface area contributed by atoms with Crippen LogP contribution in [0.5, 0.6) is 0 Å². The zero-order chi connectivity index (χ0) is 12.8. The summed E-state index contributed by atoms with van der Waals surface area (Å²) in [6.07, 6.45) is 0.411. The Morgan fingerprint density at radius 3 is 2.29 bits per heavy atom. The molecule has 0 unspecified atom stereocenters. The van der Waals surface area contributed by atoms with Crippen molar-refractivity contribution < 1.29 is 14.3 Å². The smallest absolute Gasteiger partial charge is 0.316 e. The van der Waals surface area contributed by atoms with Crippen LogP contribution in [0.15, 0.2) is 24.3 Å². The highest BCUT2D eigenvalue weighted by Crippen LogP contribution is 2.13. The SMILES string of the molecule is CCOC(=O)[C@H](Cc1ccc(C)cc1)C(C)=O. The molecule has 0 heterocycles. The molecule has 0 saturated carbocycles. The minimum Gasteiger partial charge on any atom is -0.465 e. The molecule has 1 aromatic carbocycles. The molecule has 0 saturated heterocycles. The van der Waals surface area contributed by atoms with Crippen LogP contribution in [-0.2, 0) is 20.7 Å². The molecular weight excluding hydrogens is 216 g/mol. The molecule has 0 aliphatic rings. The number of rotatable bonds is 5. The van der Waals surface area contributed by atoms with E-state index in [1.54, 1.807) is 6.92 Å². The lowest BCUT2D eigenvalue weighted by Gasteiger charge is -2.12. The van der Waals surface area contributed by atoms with E-state index in [0.29, 0.717) is 13.0 Å². The average molecular weight is 234 g/mol. The van der Waals surface area contributed by atoms with E-state index < -0.39 is 11.9 Å². The number of benzene rings is 1. The monoisotopic (exact) mass is 234 g/mol. The highest BCUT2D eigenvalue weighted by Gasteiger charge is 2.24. The Bertz CT molecular complexity index is 392. The molecule has 1 rings (SSSR count). The zero-order valence-electron chi connectivity index (χ0n) is 10.5. The third-order valence-electron chi connectivity index (χ3n) is 2.62. The van der Waals surface area contributed by atoms with E-state index in [4.69, 9.17) is 4.74 Å². The second kappa shape index (κ2) is 6.18. The van der Waals surface area contributed by atoms with Gasteiger partial charge in [0.15, 0.2) is 0 Å². The minimum absolute atomic E-state index is 0.149. The van der Waals surface area contributed by atoms with Gasteiger partial charge in [-0.05, 0) is 32.8 Å². The van der Waals surface area contributed by atoms with Gasteiger partial charge in [-0.2, -0.15) is 0 Å². The quantitative estimate of drug-likeness (QED) is 0.580. The maximum atomic E-state index is 11.6. The van der Waals surface area contributed by atoms with Gasteiger partial charge in [0.05, 0.1) is 6.61 Å². The Morgan fingerprint density at radius 2 is 1.82 bits per heavy atom. The van der Waals surface area contributed by atoms with Crippen LogP contribution in [0.25, 0.3) is 0 Å². The Kier molecular flexibility index (Phi) is 4.88. The second-order valence-electron chi connectivity index (χ2n) is 4.11. The van der Waals surface area contributed by atoms with Crippen molar-refractivity contribution in [3.8, 4) is 0 Å². The van der Waals surface area contributed by atoms with Crippen molar-refractivity contribution in [1.82, 2.24) is 0 Å². The van der Waals surface area contributed by atoms with Gasteiger partial charge in [0.2, 0.25) is 0 Å². The van der Waals surface area contributed by atoms with Gasteiger partial charge < -0.3 is 4.74 Å². The number of esters is 1. The molecule has 17 heavy (non-hydrogen) atoms. The largest absolute Gasteiger partial charge is 0.465 e. The first kappa shape index (κ1) is 13.4. The van der Waals surface area contributed by atoms with Crippen molar-refractivity contribution in [3.63, 3.8) is 0 Å². The van der Waals surface area contributed by atoms with Gasteiger partial charge in [-0.25, -0.2) is 0 Å². The summed E-state index contributed by atoms with van der Waals surface area (Å²) >= 11 is 0. The normalized spacial score (nSPS) is 11.9. The molecule has 0 aliphatic carbocycles. The third-order valence-corrected chi connectivity index (χ3v) is 2.62. The Morgan fingerprint density at radius 1 is 1.24 bits per heavy atom. The summed E-state index contributed by atoms with van der Waals surface area (Å²) in [6.45, 7) is 5.46. The van der Waals surface area contributed by atoms with Crippen LogP contribution in [-0.4, -0.2) is 18.4 Å². The fourth-order valence-electron chi connectivity index (χ4n) is 1.60. The summed E-state index contributed by atoms with van der Waals surface area (Å²) in [5.41, 5.74) is 2.13. The standard InChI is InChI=1S/C14H18O3/c1-4-17-14(16)13(11(3)15)9-12-7-5-10(2)6-8-12/h5-8,13H,4,9H2,1-3H3/t13-/m1/s1. The molecule has 0 radical (unpaired) electrons. The van der Waals surface area contributed by atoms with E-state index in [9.17, 15) is 9.59 Å². The first-order valence-electron chi connectivity index (χ1n) is 5.77. The second-order valence-corrected chi connectivity index (χ2v) is 4.11. The predicted octanol–water partition coefficient (Wildman–Crippen LogP) is 2.31. The van der Waals surface area contributed by atoms with Crippen molar-refractivity contribution in [1.29, 1.82) is 0 Å². The molecule has 0 fully saturated rings. The molecule has 92 valence electrons. The first-order chi connectivity index (χ1) is 8.04. The molecule has 3 heteroatoms. The lowest BCUT2D eigenvalue weighted by Crippen LogP contribution is -2.26. The summed E-state index contributed by atoms with van der Waals surface area (Å²) < 4.78 is 4.90. The number of ether oxygens (including phenoxy) is 1. The molecule has 3 nitrogen and oxygen atoms in total. The van der Waals surface area contributed by atoms with Crippen molar-refractivity contribution in [2.75, 3.05) is 6.61 Å². The zero-order valence-corrected chi connectivity index (χ0v) is 10.5. The van der Waals surface area contributed by atoms with Crippen LogP contribution in [0, 0.1) is 12.8 Å². The minimum atomic E-state index is -0.683. The molecule has 0 spiro atoms. The predicted molar refractivity (Wildman–Crippen MR) is 65.7 cm³/mol. The van der Waals surface area contributed by atoms with E-state index in [2.05, 4.69) is 0 Å². The number of carbonyl (C=O) groups is 2. The Hall–Kier alpha value is -1.64. The number of ketones is 1. The van der Waals surface area contributed by atoms with E-state index in [0.717, 1.165) is 11.1 Å². The van der Waals surface area contributed by atoms with Crippen LogP contribution < -0.4 is 0 Å². The van der Waals surface area contributed by atoms with Gasteiger partial charge in [0.25, 0.3) is 0 Å². The molecule has 0 amide bonds. The first-order valence-corrected chi connectivity index (χ1v) is 5.77. The van der Waals surface area contributed by atoms with Crippen molar-refractivity contribution >= 4 is 11.8 Å². The number of carbonyl (C=O) groups excluding carboxylic acids is 2. The maximum absolute atomic E-state index is 11.6. The van der Waals surface area contributed by atoms with Gasteiger partial charge in [-0.3, -0.25) is 9.59 Å². The van der Waals surface area contributed by atoms with E-state index in [1.807, 2.05) is 31.2 Å². The lowest BCUT2D eigenvalue weighted by molar-refractivity contribution is -0.151. The number of Topliss-reactive ketones (excluding diaryl/α,β-unsaturated/α-hetero) is 1. The molecular formula is C14H18O3. The van der Waals surface area contributed by atoms with Crippen molar-refractivity contribution in [3.05, 3.63) is 35.4 Å². The fourth-order valence-corrected chi connectivity index (χ4v) is 1.60. The van der Waals surface area contributed by atoms with Gasteiger partial charge in [-0.1, -0.05) is 29.8 Å². The average Bonchev–Trinajstić information content (AvgIpc) is 2.28. The third kappa shape index (κ3) is 4.02. The summed E-state index contributed by atoms with van der Waals surface area (Å²) in [4.78, 5) is 23.0. The fraction of sp³-hybridized carbons (Fsp3) is 0.429. The van der Waals surface area contributed by atoms with Crippen LogP contribution in [0.4, 0.5) is 0 Å². The van der Waals surface area contributed by atoms with E-state index >= 15 is 0 Å². The molecule has 1 atom stereocenters. The summed E-state index contributed by atoms with van der Waals surface area (Å²) in [5.74, 6) is -1.26. The molecule has 0 N–H and O–H groups in total. The summed E-state index contributed by atoms with van der Waals surface area (Å²) in [7, 11) is 0. The van der Waals surface area contributed by atoms with Crippen LogP contribution in [0.2, 0.25) is 0 Å². The van der Waals surface area contributed by atoms with Gasteiger partial charge in [0.1, 0.15) is 11.7 Å². The van der Waals surface area contributed by atoms with Gasteiger partial charge >= 0.3 is 5.97 Å². The topological polar surface area (TPSA) is 43.4 Å². The van der Waals surface area contributed by atoms with Crippen LogP contribution in [0.3, 0.4) is 0 Å².